The first-order chi connectivity index (χ1) is 11.2. The Morgan fingerprint density at radius 3 is 2.38 bits per heavy atom. The normalized spacial score (nSPS) is 22.9. The van der Waals surface area contributed by atoms with Crippen molar-refractivity contribution in [3.8, 4) is 0 Å². The number of halogens is 2. The van der Waals surface area contributed by atoms with Gasteiger partial charge < -0.3 is 4.90 Å². The molecular formula is C17H21F2NO3S. The van der Waals surface area contributed by atoms with Crippen LogP contribution in [0.4, 0.5) is 8.78 Å². The molecule has 4 nitrogen and oxygen atoms in total. The molecule has 2 heterocycles. The van der Waals surface area contributed by atoms with Crippen LogP contribution in [-0.2, 0) is 21.1 Å². The quantitative estimate of drug-likeness (QED) is 0.833. The van der Waals surface area contributed by atoms with Gasteiger partial charge in [0.2, 0.25) is 5.91 Å². The number of sulfone groups is 1. The monoisotopic (exact) mass is 357 g/mol. The fourth-order valence-electron chi connectivity index (χ4n) is 3.80. The van der Waals surface area contributed by atoms with Crippen molar-refractivity contribution in [2.45, 2.75) is 26.2 Å². The Balaban J connectivity index is 1.56. The number of benzene rings is 1. The summed E-state index contributed by atoms with van der Waals surface area (Å²) in [5, 5.41) is 0. The topological polar surface area (TPSA) is 54.5 Å². The van der Waals surface area contributed by atoms with Gasteiger partial charge in [-0.05, 0) is 37.0 Å². The van der Waals surface area contributed by atoms with Gasteiger partial charge in [0.1, 0.15) is 0 Å². The van der Waals surface area contributed by atoms with Crippen LogP contribution in [0.25, 0.3) is 0 Å². The van der Waals surface area contributed by atoms with E-state index >= 15 is 0 Å². The Hall–Kier alpha value is -1.50. The van der Waals surface area contributed by atoms with Crippen molar-refractivity contribution < 1.29 is 22.0 Å². The minimum Gasteiger partial charge on any atom is -0.342 e. The largest absolute Gasteiger partial charge is 0.342 e. The molecule has 1 atom stereocenters. The van der Waals surface area contributed by atoms with Crippen molar-refractivity contribution in [3.05, 3.63) is 35.4 Å². The summed E-state index contributed by atoms with van der Waals surface area (Å²) in [6.07, 6.45) is 1.79. The molecule has 0 N–H and O–H groups in total. The van der Waals surface area contributed by atoms with Crippen molar-refractivity contribution in [1.29, 1.82) is 0 Å². The Morgan fingerprint density at radius 1 is 1.21 bits per heavy atom. The molecule has 3 rings (SSSR count). The molecular weight excluding hydrogens is 336 g/mol. The van der Waals surface area contributed by atoms with Crippen molar-refractivity contribution >= 4 is 15.7 Å². The van der Waals surface area contributed by atoms with E-state index < -0.39 is 21.5 Å². The fourth-order valence-corrected chi connectivity index (χ4v) is 6.16. The van der Waals surface area contributed by atoms with Gasteiger partial charge in [0.25, 0.3) is 0 Å². The van der Waals surface area contributed by atoms with Crippen LogP contribution in [0.2, 0.25) is 0 Å². The second-order valence-corrected chi connectivity index (χ2v) is 9.28. The highest BCUT2D eigenvalue weighted by atomic mass is 32.2. The highest BCUT2D eigenvalue weighted by molar-refractivity contribution is 7.92. The molecule has 1 spiro atoms. The molecule has 2 aliphatic heterocycles. The predicted octanol–water partition coefficient (Wildman–Crippen LogP) is 2.18. The Bertz CT molecular complexity index is 741. The Kier molecular flexibility index (Phi) is 4.40. The summed E-state index contributed by atoms with van der Waals surface area (Å²) in [7, 11) is -2.86. The van der Waals surface area contributed by atoms with Crippen LogP contribution in [0.5, 0.6) is 0 Å². The second-order valence-electron chi connectivity index (χ2n) is 7.21. The van der Waals surface area contributed by atoms with Crippen molar-refractivity contribution in [2.24, 2.45) is 11.3 Å². The maximum atomic E-state index is 13.3. The number of hydrogen-bond donors (Lipinski definition) is 0. The molecule has 0 aliphatic carbocycles. The highest BCUT2D eigenvalue weighted by Crippen LogP contribution is 2.42. The lowest BCUT2D eigenvalue weighted by molar-refractivity contribution is -0.137. The minimum atomic E-state index is -2.86. The van der Waals surface area contributed by atoms with Gasteiger partial charge in [0, 0.05) is 24.4 Å². The first-order valence-electron chi connectivity index (χ1n) is 8.13. The first-order valence-corrected chi connectivity index (χ1v) is 9.95. The number of nitrogens with zero attached hydrogens (tertiary/aromatic N) is 1. The number of likely N-dealkylation sites (tertiary alicyclic amines) is 1. The maximum absolute atomic E-state index is 13.3. The van der Waals surface area contributed by atoms with Gasteiger partial charge in [0.05, 0.1) is 11.5 Å². The van der Waals surface area contributed by atoms with E-state index in [1.165, 1.54) is 6.07 Å². The van der Waals surface area contributed by atoms with Crippen LogP contribution >= 0.6 is 0 Å². The van der Waals surface area contributed by atoms with Gasteiger partial charge in [-0.3, -0.25) is 4.79 Å². The standard InChI is InChI=1S/C17H21F2NO3S/c1-12(8-13-2-3-14(18)15(19)9-13)16(21)20-6-4-17(5-7-20)10-24(22,23)11-17/h2-3,9,12H,4-8,10-11H2,1H3. The summed E-state index contributed by atoms with van der Waals surface area (Å²) in [5.41, 5.74) is 0.465. The molecule has 7 heteroatoms. The van der Waals surface area contributed by atoms with E-state index in [0.29, 0.717) is 25.1 Å². The molecule has 2 fully saturated rings. The van der Waals surface area contributed by atoms with Crippen LogP contribution in [-0.4, -0.2) is 43.8 Å². The molecule has 0 aromatic heterocycles. The predicted molar refractivity (Wildman–Crippen MR) is 86.1 cm³/mol. The third kappa shape index (κ3) is 3.45. The van der Waals surface area contributed by atoms with E-state index in [-0.39, 0.29) is 28.7 Å². The number of hydrogen-bond acceptors (Lipinski definition) is 3. The van der Waals surface area contributed by atoms with Crippen molar-refractivity contribution in [1.82, 2.24) is 4.90 Å². The molecule has 0 saturated carbocycles. The van der Waals surface area contributed by atoms with Gasteiger partial charge in [-0.25, -0.2) is 17.2 Å². The molecule has 1 aromatic carbocycles. The maximum Gasteiger partial charge on any atom is 0.225 e. The molecule has 2 saturated heterocycles. The molecule has 132 valence electrons. The molecule has 1 unspecified atom stereocenters. The van der Waals surface area contributed by atoms with Crippen LogP contribution in [0.1, 0.15) is 25.3 Å². The summed E-state index contributed by atoms with van der Waals surface area (Å²) < 4.78 is 49.0. The van der Waals surface area contributed by atoms with E-state index in [0.717, 1.165) is 25.0 Å². The lowest BCUT2D eigenvalue weighted by Crippen LogP contribution is -2.56. The number of carbonyl (C=O) groups excluding carboxylic acids is 1. The molecule has 0 radical (unpaired) electrons. The van der Waals surface area contributed by atoms with E-state index in [1.807, 2.05) is 0 Å². The molecule has 24 heavy (non-hydrogen) atoms. The average Bonchev–Trinajstić information content (AvgIpc) is 2.49. The zero-order valence-electron chi connectivity index (χ0n) is 13.6. The highest BCUT2D eigenvalue weighted by Gasteiger charge is 2.50. The third-order valence-electron chi connectivity index (χ3n) is 5.14. The van der Waals surface area contributed by atoms with Crippen LogP contribution in [0.3, 0.4) is 0 Å². The zero-order valence-corrected chi connectivity index (χ0v) is 14.4. The smallest absolute Gasteiger partial charge is 0.225 e. The molecule has 1 aromatic rings. The lowest BCUT2D eigenvalue weighted by atomic mass is 9.81. The molecule has 0 bridgehead atoms. The number of amides is 1. The summed E-state index contributed by atoms with van der Waals surface area (Å²) in [4.78, 5) is 14.3. The summed E-state index contributed by atoms with van der Waals surface area (Å²) >= 11 is 0. The zero-order chi connectivity index (χ0) is 17.5. The van der Waals surface area contributed by atoms with Crippen LogP contribution < -0.4 is 0 Å². The van der Waals surface area contributed by atoms with E-state index in [4.69, 9.17) is 0 Å². The van der Waals surface area contributed by atoms with Crippen LogP contribution in [0.15, 0.2) is 18.2 Å². The van der Waals surface area contributed by atoms with Gasteiger partial charge in [-0.2, -0.15) is 0 Å². The van der Waals surface area contributed by atoms with Crippen LogP contribution in [0, 0.1) is 23.0 Å². The number of rotatable bonds is 3. The Labute approximate surface area is 140 Å². The van der Waals surface area contributed by atoms with Gasteiger partial charge >= 0.3 is 0 Å². The van der Waals surface area contributed by atoms with Gasteiger partial charge in [0.15, 0.2) is 21.5 Å². The van der Waals surface area contributed by atoms with Gasteiger partial charge in [-0.15, -0.1) is 0 Å². The lowest BCUT2D eigenvalue weighted by Gasteiger charge is -2.47. The van der Waals surface area contributed by atoms with E-state index in [9.17, 15) is 22.0 Å². The minimum absolute atomic E-state index is 0.0169. The summed E-state index contributed by atoms with van der Waals surface area (Å²) in [5.74, 6) is -1.66. The van der Waals surface area contributed by atoms with E-state index in [1.54, 1.807) is 11.8 Å². The number of carbonyl (C=O) groups is 1. The Morgan fingerprint density at radius 2 is 1.83 bits per heavy atom. The summed E-state index contributed by atoms with van der Waals surface area (Å²) in [6, 6.07) is 3.69. The SMILES string of the molecule is CC(Cc1ccc(F)c(F)c1)C(=O)N1CCC2(CC1)CS(=O)(=O)C2. The molecule has 2 aliphatic rings. The summed E-state index contributed by atoms with van der Waals surface area (Å²) in [6.45, 7) is 2.91. The van der Waals surface area contributed by atoms with Crippen molar-refractivity contribution in [2.75, 3.05) is 24.6 Å². The first kappa shape index (κ1) is 17.3. The van der Waals surface area contributed by atoms with Crippen molar-refractivity contribution in [3.63, 3.8) is 0 Å². The van der Waals surface area contributed by atoms with E-state index in [2.05, 4.69) is 0 Å². The number of piperidine rings is 1. The molecule has 1 amide bonds. The van der Waals surface area contributed by atoms with Gasteiger partial charge in [-0.1, -0.05) is 13.0 Å². The average molecular weight is 357 g/mol. The fraction of sp³-hybridized carbons (Fsp3) is 0.588. The third-order valence-corrected chi connectivity index (χ3v) is 7.24. The second kappa shape index (κ2) is 6.10.